The van der Waals surface area contributed by atoms with Crippen molar-refractivity contribution in [2.24, 2.45) is 17.1 Å². The number of ether oxygens (including phenoxy) is 1. The van der Waals surface area contributed by atoms with Gasteiger partial charge in [0.1, 0.15) is 5.60 Å². The largest absolute Gasteiger partial charge is 0.481 e. The molecule has 23 heavy (non-hydrogen) atoms. The van der Waals surface area contributed by atoms with Crippen LogP contribution in [0.1, 0.15) is 54.4 Å². The predicted octanol–water partition coefficient (Wildman–Crippen LogP) is 2.69. The summed E-state index contributed by atoms with van der Waals surface area (Å²) in [5, 5.41) is 14.8. The number of carboxylic acid groups (broad SMARTS) is 1. The molecule has 1 amide bonds. The van der Waals surface area contributed by atoms with E-state index in [2.05, 4.69) is 13.8 Å². The SMILES string of the molecule is CC(=O)O.CC(C)(C)OC(=O)N1CCC(CC(=N)N)C(C)(C)C1. The normalized spacial score (nSPS) is 20.1. The maximum Gasteiger partial charge on any atom is 0.410 e. The molecule has 1 rings (SSSR count). The van der Waals surface area contributed by atoms with Crippen LogP contribution in [0.5, 0.6) is 0 Å². The van der Waals surface area contributed by atoms with Gasteiger partial charge in [-0.15, -0.1) is 0 Å². The van der Waals surface area contributed by atoms with Crippen molar-refractivity contribution in [1.29, 1.82) is 5.41 Å². The van der Waals surface area contributed by atoms with Gasteiger partial charge in [-0.2, -0.15) is 0 Å². The van der Waals surface area contributed by atoms with Gasteiger partial charge in [0.05, 0.1) is 5.84 Å². The highest BCUT2D eigenvalue weighted by molar-refractivity contribution is 5.77. The molecule has 1 aliphatic heterocycles. The molecule has 0 saturated carbocycles. The summed E-state index contributed by atoms with van der Waals surface area (Å²) in [5.74, 6) is -0.257. The average Bonchev–Trinajstić information content (AvgIpc) is 2.27. The predicted molar refractivity (Wildman–Crippen MR) is 89.5 cm³/mol. The highest BCUT2D eigenvalue weighted by atomic mass is 16.6. The molecule has 0 spiro atoms. The van der Waals surface area contributed by atoms with Crippen LogP contribution in [-0.2, 0) is 9.53 Å². The molecule has 0 aromatic heterocycles. The number of likely N-dealkylation sites (tertiary alicyclic amines) is 1. The van der Waals surface area contributed by atoms with E-state index in [4.69, 9.17) is 25.8 Å². The van der Waals surface area contributed by atoms with Crippen molar-refractivity contribution in [2.75, 3.05) is 13.1 Å². The lowest BCUT2D eigenvalue weighted by Gasteiger charge is -2.44. The second-order valence-corrected chi connectivity index (χ2v) is 7.62. The van der Waals surface area contributed by atoms with Gasteiger partial charge in [0.15, 0.2) is 0 Å². The number of carbonyl (C=O) groups is 2. The lowest BCUT2D eigenvalue weighted by molar-refractivity contribution is -0.134. The van der Waals surface area contributed by atoms with Gasteiger partial charge >= 0.3 is 6.09 Å². The first-order chi connectivity index (χ1) is 10.2. The highest BCUT2D eigenvalue weighted by Gasteiger charge is 2.38. The standard InChI is InChI=1S/C14H27N3O2.C2H4O2/c1-13(2,3)19-12(18)17-7-6-10(8-11(15)16)14(4,5)9-17;1-2(3)4/h10H,6-9H2,1-5H3,(H3,15,16);1H3,(H,3,4). The van der Waals surface area contributed by atoms with Crippen molar-refractivity contribution in [3.63, 3.8) is 0 Å². The van der Waals surface area contributed by atoms with Crippen molar-refractivity contribution < 1.29 is 19.4 Å². The zero-order chi connectivity index (χ0) is 18.4. The summed E-state index contributed by atoms with van der Waals surface area (Å²) in [7, 11) is 0. The van der Waals surface area contributed by atoms with E-state index >= 15 is 0 Å². The molecule has 1 aliphatic rings. The molecule has 0 radical (unpaired) electrons. The van der Waals surface area contributed by atoms with Crippen molar-refractivity contribution in [2.45, 2.75) is 60.0 Å². The summed E-state index contributed by atoms with van der Waals surface area (Å²) in [4.78, 5) is 22.8. The molecular weight excluding hydrogens is 298 g/mol. The third-order valence-corrected chi connectivity index (χ3v) is 3.57. The van der Waals surface area contributed by atoms with E-state index in [0.29, 0.717) is 25.4 Å². The van der Waals surface area contributed by atoms with E-state index in [1.54, 1.807) is 4.90 Å². The molecule has 1 fully saturated rings. The van der Waals surface area contributed by atoms with Crippen LogP contribution in [0.25, 0.3) is 0 Å². The van der Waals surface area contributed by atoms with E-state index in [-0.39, 0.29) is 17.3 Å². The summed E-state index contributed by atoms with van der Waals surface area (Å²) < 4.78 is 5.41. The average molecular weight is 329 g/mol. The van der Waals surface area contributed by atoms with E-state index in [1.807, 2.05) is 20.8 Å². The van der Waals surface area contributed by atoms with Crippen LogP contribution in [0.15, 0.2) is 0 Å². The Balaban J connectivity index is 0.00000108. The van der Waals surface area contributed by atoms with Gasteiger partial charge in [-0.25, -0.2) is 4.79 Å². The first-order valence-electron chi connectivity index (χ1n) is 7.75. The summed E-state index contributed by atoms with van der Waals surface area (Å²) in [5.41, 5.74) is 5.00. The number of rotatable bonds is 2. The molecule has 134 valence electrons. The molecule has 0 aromatic carbocycles. The van der Waals surface area contributed by atoms with Crippen LogP contribution in [0.3, 0.4) is 0 Å². The van der Waals surface area contributed by atoms with Gasteiger partial charge in [0.2, 0.25) is 0 Å². The second-order valence-electron chi connectivity index (χ2n) is 7.62. The number of amides is 1. The molecule has 0 bridgehead atoms. The summed E-state index contributed by atoms with van der Waals surface area (Å²) >= 11 is 0. The number of carboxylic acids is 1. The molecule has 1 saturated heterocycles. The van der Waals surface area contributed by atoms with E-state index < -0.39 is 11.6 Å². The molecule has 7 heteroatoms. The van der Waals surface area contributed by atoms with Crippen LogP contribution in [-0.4, -0.2) is 46.6 Å². The zero-order valence-electron chi connectivity index (χ0n) is 15.1. The smallest absolute Gasteiger partial charge is 0.410 e. The van der Waals surface area contributed by atoms with Crippen molar-refractivity contribution in [3.05, 3.63) is 0 Å². The zero-order valence-corrected chi connectivity index (χ0v) is 15.1. The highest BCUT2D eigenvalue weighted by Crippen LogP contribution is 2.37. The molecule has 1 unspecified atom stereocenters. The quantitative estimate of drug-likeness (QED) is 0.532. The number of piperidine rings is 1. The number of hydrogen-bond acceptors (Lipinski definition) is 4. The monoisotopic (exact) mass is 329 g/mol. The Labute approximate surface area is 138 Å². The second kappa shape index (κ2) is 8.17. The maximum atomic E-state index is 12.1. The minimum absolute atomic E-state index is 0.0408. The lowest BCUT2D eigenvalue weighted by Crippen LogP contribution is -2.50. The van der Waals surface area contributed by atoms with Gasteiger partial charge in [-0.3, -0.25) is 10.2 Å². The fourth-order valence-electron chi connectivity index (χ4n) is 2.53. The van der Waals surface area contributed by atoms with E-state index in [0.717, 1.165) is 13.3 Å². The lowest BCUT2D eigenvalue weighted by atomic mass is 9.72. The molecule has 4 N–H and O–H groups in total. The van der Waals surface area contributed by atoms with Crippen LogP contribution < -0.4 is 5.73 Å². The fourth-order valence-corrected chi connectivity index (χ4v) is 2.53. The van der Waals surface area contributed by atoms with Gasteiger partial charge in [-0.05, 0) is 38.5 Å². The number of amidine groups is 1. The molecule has 0 aliphatic carbocycles. The van der Waals surface area contributed by atoms with Crippen LogP contribution in [0, 0.1) is 16.7 Å². The van der Waals surface area contributed by atoms with Crippen molar-refractivity contribution in [1.82, 2.24) is 4.90 Å². The number of nitrogens with zero attached hydrogens (tertiary/aromatic N) is 1. The molecule has 1 atom stereocenters. The summed E-state index contributed by atoms with van der Waals surface area (Å²) in [6.45, 7) is 12.3. The fraction of sp³-hybridized carbons (Fsp3) is 0.812. The Bertz CT molecular complexity index is 437. The third-order valence-electron chi connectivity index (χ3n) is 3.57. The van der Waals surface area contributed by atoms with Gasteiger partial charge in [0, 0.05) is 26.4 Å². The third kappa shape index (κ3) is 9.05. The molecule has 1 heterocycles. The maximum absolute atomic E-state index is 12.1. The summed E-state index contributed by atoms with van der Waals surface area (Å²) in [6, 6.07) is 0. The Morgan fingerprint density at radius 2 is 1.87 bits per heavy atom. The Kier molecular flexibility index (Phi) is 7.54. The Morgan fingerprint density at radius 1 is 1.39 bits per heavy atom. The molecule has 7 nitrogen and oxygen atoms in total. The minimum atomic E-state index is -0.833. The van der Waals surface area contributed by atoms with E-state index in [9.17, 15) is 4.79 Å². The Hall–Kier alpha value is -1.79. The van der Waals surface area contributed by atoms with Crippen molar-refractivity contribution in [3.8, 4) is 0 Å². The number of nitrogens with two attached hydrogens (primary N) is 1. The minimum Gasteiger partial charge on any atom is -0.481 e. The number of carbonyl (C=O) groups excluding carboxylic acids is 1. The van der Waals surface area contributed by atoms with Crippen LogP contribution >= 0.6 is 0 Å². The molecule has 0 aromatic rings. The Morgan fingerprint density at radius 3 is 2.22 bits per heavy atom. The number of nitrogens with one attached hydrogen (secondary N) is 1. The molecular formula is C16H31N3O4. The van der Waals surface area contributed by atoms with Crippen LogP contribution in [0.2, 0.25) is 0 Å². The first-order valence-corrected chi connectivity index (χ1v) is 7.75. The van der Waals surface area contributed by atoms with E-state index in [1.165, 1.54) is 0 Å². The first kappa shape index (κ1) is 21.2. The topological polar surface area (TPSA) is 117 Å². The van der Waals surface area contributed by atoms with Crippen LogP contribution in [0.4, 0.5) is 4.79 Å². The van der Waals surface area contributed by atoms with Gasteiger partial charge in [-0.1, -0.05) is 13.8 Å². The number of hydrogen-bond donors (Lipinski definition) is 3. The summed E-state index contributed by atoms with van der Waals surface area (Å²) in [6.07, 6.45) is 1.22. The van der Waals surface area contributed by atoms with Crippen molar-refractivity contribution >= 4 is 17.9 Å². The number of aliphatic carboxylic acids is 1. The van der Waals surface area contributed by atoms with Gasteiger partial charge in [0.25, 0.3) is 5.97 Å². The van der Waals surface area contributed by atoms with Gasteiger partial charge < -0.3 is 20.5 Å².